The van der Waals surface area contributed by atoms with Gasteiger partial charge in [0.15, 0.2) is 15.6 Å². The van der Waals surface area contributed by atoms with Gasteiger partial charge in [-0.1, -0.05) is 12.1 Å². The average molecular weight is 317 g/mol. The Morgan fingerprint density at radius 1 is 1.25 bits per heavy atom. The van der Waals surface area contributed by atoms with E-state index >= 15 is 0 Å². The van der Waals surface area contributed by atoms with Gasteiger partial charge in [0.25, 0.3) is 0 Å². The second kappa shape index (κ2) is 5.27. The molecule has 8 heteroatoms. The van der Waals surface area contributed by atoms with Crippen LogP contribution in [-0.4, -0.2) is 40.2 Å². The van der Waals surface area contributed by atoms with Crippen molar-refractivity contribution in [3.05, 3.63) is 29.8 Å². The van der Waals surface area contributed by atoms with Gasteiger partial charge in [0, 0.05) is 11.6 Å². The molecule has 0 radical (unpaired) electrons. The molecule has 1 aromatic rings. The lowest BCUT2D eigenvalue weighted by atomic mass is 10.2. The van der Waals surface area contributed by atoms with Crippen LogP contribution in [0.1, 0.15) is 23.7 Å². The zero-order valence-electron chi connectivity index (χ0n) is 10.9. The van der Waals surface area contributed by atoms with Crippen LogP contribution in [0, 0.1) is 0 Å². The molecule has 0 bridgehead atoms. The molecule has 6 nitrogen and oxygen atoms in total. The third kappa shape index (κ3) is 3.44. The summed E-state index contributed by atoms with van der Waals surface area (Å²) in [5.41, 5.74) is 0.424. The van der Waals surface area contributed by atoms with Crippen LogP contribution in [-0.2, 0) is 19.9 Å². The lowest BCUT2D eigenvalue weighted by molar-refractivity contribution is 0.101. The molecule has 1 atom stereocenters. The number of rotatable bonds is 4. The molecular formula is C12H15NO5S2. The molecule has 1 aliphatic rings. The Labute approximate surface area is 118 Å². The lowest BCUT2D eigenvalue weighted by Crippen LogP contribution is -2.35. The molecule has 0 spiro atoms. The zero-order chi connectivity index (χ0) is 15.0. The number of carbonyl (C=O) groups excluding carboxylic acids is 1. The molecular weight excluding hydrogens is 302 g/mol. The molecule has 1 fully saturated rings. The molecule has 2 rings (SSSR count). The summed E-state index contributed by atoms with van der Waals surface area (Å²) >= 11 is 0. The SMILES string of the molecule is CC(=O)c1ccc(S(=O)(=O)NC2CCS(=O)(=O)C2)cc1. The molecule has 20 heavy (non-hydrogen) atoms. The normalized spacial score (nSPS) is 21.8. The zero-order valence-corrected chi connectivity index (χ0v) is 12.5. The van der Waals surface area contributed by atoms with Gasteiger partial charge in [-0.15, -0.1) is 0 Å². The molecule has 0 amide bonds. The Kier molecular flexibility index (Phi) is 3.99. The number of ketones is 1. The maximum Gasteiger partial charge on any atom is 0.240 e. The van der Waals surface area contributed by atoms with Gasteiger partial charge in [-0.2, -0.15) is 0 Å². The first-order valence-electron chi connectivity index (χ1n) is 6.03. The largest absolute Gasteiger partial charge is 0.295 e. The van der Waals surface area contributed by atoms with E-state index in [4.69, 9.17) is 0 Å². The van der Waals surface area contributed by atoms with Gasteiger partial charge in [-0.3, -0.25) is 4.79 Å². The number of sulfonamides is 1. The second-order valence-corrected chi connectivity index (χ2v) is 8.74. The van der Waals surface area contributed by atoms with E-state index in [0.717, 1.165) is 0 Å². The highest BCUT2D eigenvalue weighted by molar-refractivity contribution is 7.92. The quantitative estimate of drug-likeness (QED) is 0.808. The first-order chi connectivity index (χ1) is 9.20. The van der Waals surface area contributed by atoms with E-state index in [1.54, 1.807) is 0 Å². The van der Waals surface area contributed by atoms with Crippen LogP contribution in [0.15, 0.2) is 29.2 Å². The standard InChI is InChI=1S/C12H15NO5S2/c1-9(14)10-2-4-12(5-3-10)20(17,18)13-11-6-7-19(15,16)8-11/h2-5,11,13H,6-8H2,1H3. The van der Waals surface area contributed by atoms with E-state index in [9.17, 15) is 21.6 Å². The number of sulfone groups is 1. The summed E-state index contributed by atoms with van der Waals surface area (Å²) in [5, 5.41) is 0. The van der Waals surface area contributed by atoms with Crippen molar-refractivity contribution in [2.24, 2.45) is 0 Å². The smallest absolute Gasteiger partial charge is 0.240 e. The minimum absolute atomic E-state index is 0.00343. The number of hydrogen-bond donors (Lipinski definition) is 1. The summed E-state index contributed by atoms with van der Waals surface area (Å²) in [6.07, 6.45) is 0.285. The van der Waals surface area contributed by atoms with Crippen molar-refractivity contribution in [3.63, 3.8) is 0 Å². The maximum atomic E-state index is 12.1. The van der Waals surface area contributed by atoms with Crippen molar-refractivity contribution in [1.82, 2.24) is 4.72 Å². The van der Waals surface area contributed by atoms with Gasteiger partial charge in [0.05, 0.1) is 16.4 Å². The van der Waals surface area contributed by atoms with Gasteiger partial charge in [-0.05, 0) is 25.5 Å². The molecule has 1 heterocycles. The third-order valence-electron chi connectivity index (χ3n) is 3.13. The van der Waals surface area contributed by atoms with E-state index in [1.807, 2.05) is 0 Å². The highest BCUT2D eigenvalue weighted by Crippen LogP contribution is 2.16. The van der Waals surface area contributed by atoms with Crippen molar-refractivity contribution < 1.29 is 21.6 Å². The van der Waals surface area contributed by atoms with Crippen LogP contribution in [0.2, 0.25) is 0 Å². The highest BCUT2D eigenvalue weighted by Gasteiger charge is 2.31. The molecule has 0 aliphatic carbocycles. The Hall–Kier alpha value is -1.25. The van der Waals surface area contributed by atoms with E-state index in [-0.39, 0.29) is 28.6 Å². The van der Waals surface area contributed by atoms with Gasteiger partial charge >= 0.3 is 0 Å². The molecule has 1 aromatic carbocycles. The molecule has 0 aromatic heterocycles. The van der Waals surface area contributed by atoms with Crippen molar-refractivity contribution in [3.8, 4) is 0 Å². The van der Waals surface area contributed by atoms with Crippen molar-refractivity contribution in [2.75, 3.05) is 11.5 Å². The fourth-order valence-corrected chi connectivity index (χ4v) is 5.09. The minimum Gasteiger partial charge on any atom is -0.295 e. The maximum absolute atomic E-state index is 12.1. The van der Waals surface area contributed by atoms with E-state index in [2.05, 4.69) is 4.72 Å². The lowest BCUT2D eigenvalue weighted by Gasteiger charge is -2.11. The predicted octanol–water partition coefficient (Wildman–Crippen LogP) is 0.355. The fourth-order valence-electron chi connectivity index (χ4n) is 2.04. The number of nitrogens with one attached hydrogen (secondary N) is 1. The summed E-state index contributed by atoms with van der Waals surface area (Å²) in [6.45, 7) is 1.39. The Balaban J connectivity index is 2.16. The van der Waals surface area contributed by atoms with E-state index in [0.29, 0.717) is 5.56 Å². The van der Waals surface area contributed by atoms with E-state index in [1.165, 1.54) is 31.2 Å². The monoisotopic (exact) mass is 317 g/mol. The average Bonchev–Trinajstić information content (AvgIpc) is 2.68. The van der Waals surface area contributed by atoms with Gasteiger partial charge in [-0.25, -0.2) is 21.6 Å². The first kappa shape index (κ1) is 15.1. The van der Waals surface area contributed by atoms with Crippen molar-refractivity contribution >= 4 is 25.6 Å². The van der Waals surface area contributed by atoms with Crippen LogP contribution in [0.5, 0.6) is 0 Å². The van der Waals surface area contributed by atoms with Crippen LogP contribution in [0.4, 0.5) is 0 Å². The molecule has 1 N–H and O–H groups in total. The molecule has 1 saturated heterocycles. The molecule has 1 unspecified atom stereocenters. The number of benzene rings is 1. The second-order valence-electron chi connectivity index (χ2n) is 4.80. The Morgan fingerprint density at radius 3 is 2.30 bits per heavy atom. The summed E-state index contributed by atoms with van der Waals surface area (Å²) in [6, 6.07) is 4.95. The topological polar surface area (TPSA) is 97.4 Å². The predicted molar refractivity (Wildman–Crippen MR) is 73.8 cm³/mol. The number of carbonyl (C=O) groups is 1. The van der Waals surface area contributed by atoms with Crippen LogP contribution in [0.25, 0.3) is 0 Å². The van der Waals surface area contributed by atoms with Gasteiger partial charge < -0.3 is 0 Å². The van der Waals surface area contributed by atoms with Crippen LogP contribution in [0.3, 0.4) is 0 Å². The third-order valence-corrected chi connectivity index (χ3v) is 6.43. The minimum atomic E-state index is -3.76. The molecule has 0 saturated carbocycles. The van der Waals surface area contributed by atoms with Gasteiger partial charge in [0.1, 0.15) is 0 Å². The van der Waals surface area contributed by atoms with Crippen LogP contribution < -0.4 is 4.72 Å². The highest BCUT2D eigenvalue weighted by atomic mass is 32.2. The molecule has 110 valence electrons. The fraction of sp³-hybridized carbons (Fsp3) is 0.417. The van der Waals surface area contributed by atoms with E-state index < -0.39 is 25.9 Å². The summed E-state index contributed by atoms with van der Waals surface area (Å²) < 4.78 is 49.2. The first-order valence-corrected chi connectivity index (χ1v) is 9.34. The van der Waals surface area contributed by atoms with Gasteiger partial charge in [0.2, 0.25) is 10.0 Å². The summed E-state index contributed by atoms with van der Waals surface area (Å²) in [7, 11) is -6.90. The van der Waals surface area contributed by atoms with Crippen LogP contribution >= 0.6 is 0 Å². The Morgan fingerprint density at radius 2 is 1.85 bits per heavy atom. The summed E-state index contributed by atoms with van der Waals surface area (Å²) in [4.78, 5) is 11.1. The molecule has 1 aliphatic heterocycles. The Bertz CT molecular complexity index is 720. The van der Waals surface area contributed by atoms with Crippen molar-refractivity contribution in [2.45, 2.75) is 24.3 Å². The van der Waals surface area contributed by atoms with Crippen molar-refractivity contribution in [1.29, 1.82) is 0 Å². The number of hydrogen-bond acceptors (Lipinski definition) is 5. The summed E-state index contributed by atoms with van der Waals surface area (Å²) in [5.74, 6) is -0.315. The number of Topliss-reactive ketones (excluding diaryl/α,β-unsaturated/α-hetero) is 1.